The third kappa shape index (κ3) is 3.12. The summed E-state index contributed by atoms with van der Waals surface area (Å²) < 4.78 is 0. The molecule has 0 atom stereocenters. The van der Waals surface area contributed by atoms with Crippen LogP contribution in [0.25, 0.3) is 0 Å². The summed E-state index contributed by atoms with van der Waals surface area (Å²) in [6.45, 7) is 5.71. The molecule has 4 N–H and O–H groups in total. The molecule has 1 amide bonds. The Morgan fingerprint density at radius 1 is 1.29 bits per heavy atom. The Labute approximate surface area is 101 Å². The first-order valence-electron chi connectivity index (χ1n) is 5.56. The van der Waals surface area contributed by atoms with Crippen LogP contribution >= 0.6 is 0 Å². The van der Waals surface area contributed by atoms with E-state index < -0.39 is 5.91 Å². The van der Waals surface area contributed by atoms with Crippen molar-refractivity contribution in [1.29, 1.82) is 0 Å². The molecule has 0 saturated heterocycles. The first-order chi connectivity index (χ1) is 7.73. The Kier molecular flexibility index (Phi) is 3.66. The van der Waals surface area contributed by atoms with Gasteiger partial charge in [0.2, 0.25) is 5.91 Å². The van der Waals surface area contributed by atoms with Gasteiger partial charge < -0.3 is 15.9 Å². The molecule has 1 aromatic rings. The number of aryl methyl sites for hydroxylation is 1. The second kappa shape index (κ2) is 4.65. The topological polar surface area (TPSA) is 83.5 Å². The Balaban J connectivity index is 3.15. The van der Waals surface area contributed by atoms with Crippen molar-refractivity contribution in [2.24, 2.45) is 5.73 Å². The van der Waals surface area contributed by atoms with Gasteiger partial charge in [0.1, 0.15) is 11.5 Å². The first kappa shape index (κ1) is 13.4. The van der Waals surface area contributed by atoms with Crippen LogP contribution in [0.4, 0.5) is 0 Å². The number of carbonyl (C=O) groups excluding carboxylic acids is 1. The Morgan fingerprint density at radius 3 is 2.35 bits per heavy atom. The summed E-state index contributed by atoms with van der Waals surface area (Å²) in [6.07, 6.45) is 0.562. The standard InChI is InChI=1S/C13H19NO3/c1-13(2,3)11-9(15)6-4-8(12(11)17)5-7-10(14)16/h4,6,15,17H,5,7H2,1-3H3,(H2,14,16). The summed E-state index contributed by atoms with van der Waals surface area (Å²) in [7, 11) is 0. The number of hydrogen-bond acceptors (Lipinski definition) is 3. The molecule has 1 aromatic carbocycles. The van der Waals surface area contributed by atoms with Gasteiger partial charge in [-0.1, -0.05) is 26.8 Å². The van der Waals surface area contributed by atoms with E-state index in [1.54, 1.807) is 6.07 Å². The highest BCUT2D eigenvalue weighted by Crippen LogP contribution is 2.39. The summed E-state index contributed by atoms with van der Waals surface area (Å²) >= 11 is 0. The SMILES string of the molecule is CC(C)(C)c1c(O)ccc(CCC(N)=O)c1O. The number of rotatable bonds is 3. The number of carbonyl (C=O) groups is 1. The molecule has 0 bridgehead atoms. The minimum atomic E-state index is -0.408. The number of amides is 1. The fourth-order valence-electron chi connectivity index (χ4n) is 1.82. The van der Waals surface area contributed by atoms with Crippen LogP contribution in [0.3, 0.4) is 0 Å². The first-order valence-corrected chi connectivity index (χ1v) is 5.56. The van der Waals surface area contributed by atoms with E-state index in [0.29, 0.717) is 17.5 Å². The normalized spacial score (nSPS) is 11.5. The molecule has 0 unspecified atom stereocenters. The molecule has 4 nitrogen and oxygen atoms in total. The fourth-order valence-corrected chi connectivity index (χ4v) is 1.82. The number of hydrogen-bond donors (Lipinski definition) is 3. The number of nitrogens with two attached hydrogens (primary N) is 1. The molecule has 0 aliphatic heterocycles. The van der Waals surface area contributed by atoms with E-state index >= 15 is 0 Å². The van der Waals surface area contributed by atoms with Gasteiger partial charge in [0.05, 0.1) is 0 Å². The van der Waals surface area contributed by atoms with Gasteiger partial charge >= 0.3 is 0 Å². The van der Waals surface area contributed by atoms with Crippen LogP contribution in [0.15, 0.2) is 12.1 Å². The van der Waals surface area contributed by atoms with Crippen molar-refractivity contribution in [3.63, 3.8) is 0 Å². The highest BCUT2D eigenvalue weighted by Gasteiger charge is 2.24. The Hall–Kier alpha value is -1.71. The summed E-state index contributed by atoms with van der Waals surface area (Å²) in [5.74, 6) is -0.286. The maximum atomic E-state index is 10.7. The van der Waals surface area contributed by atoms with Crippen LogP contribution in [-0.4, -0.2) is 16.1 Å². The third-order valence-corrected chi connectivity index (χ3v) is 2.63. The molecule has 0 spiro atoms. The monoisotopic (exact) mass is 237 g/mol. The average molecular weight is 237 g/mol. The van der Waals surface area contributed by atoms with E-state index in [2.05, 4.69) is 0 Å². The van der Waals surface area contributed by atoms with Gasteiger partial charge in [-0.25, -0.2) is 0 Å². The van der Waals surface area contributed by atoms with Gasteiger partial charge in [0.15, 0.2) is 0 Å². The molecular weight excluding hydrogens is 218 g/mol. The van der Waals surface area contributed by atoms with Crippen molar-refractivity contribution < 1.29 is 15.0 Å². The van der Waals surface area contributed by atoms with Gasteiger partial charge in [-0.15, -0.1) is 0 Å². The van der Waals surface area contributed by atoms with Crippen LogP contribution in [0, 0.1) is 0 Å². The molecule has 0 aromatic heterocycles. The van der Waals surface area contributed by atoms with Gasteiger partial charge in [-0.2, -0.15) is 0 Å². The van der Waals surface area contributed by atoms with Gasteiger partial charge in [-0.3, -0.25) is 4.79 Å². The van der Waals surface area contributed by atoms with Gasteiger partial charge in [0, 0.05) is 12.0 Å². The molecular formula is C13H19NO3. The Bertz CT molecular complexity index is 433. The second-order valence-corrected chi connectivity index (χ2v) is 5.18. The van der Waals surface area contributed by atoms with Crippen molar-refractivity contribution >= 4 is 5.91 Å². The molecule has 0 heterocycles. The summed E-state index contributed by atoms with van der Waals surface area (Å²) in [5.41, 5.74) is 5.84. The van der Waals surface area contributed by atoms with E-state index in [0.717, 1.165) is 0 Å². The minimum Gasteiger partial charge on any atom is -0.508 e. The second-order valence-electron chi connectivity index (χ2n) is 5.18. The van der Waals surface area contributed by atoms with Crippen molar-refractivity contribution in [1.82, 2.24) is 0 Å². The van der Waals surface area contributed by atoms with Crippen LogP contribution in [0.1, 0.15) is 38.3 Å². The largest absolute Gasteiger partial charge is 0.508 e. The highest BCUT2D eigenvalue weighted by molar-refractivity contribution is 5.74. The maximum absolute atomic E-state index is 10.7. The third-order valence-electron chi connectivity index (χ3n) is 2.63. The zero-order chi connectivity index (χ0) is 13.2. The zero-order valence-corrected chi connectivity index (χ0v) is 10.4. The van der Waals surface area contributed by atoms with E-state index in [1.165, 1.54) is 6.07 Å². The van der Waals surface area contributed by atoms with Crippen LogP contribution in [-0.2, 0) is 16.6 Å². The lowest BCUT2D eigenvalue weighted by Gasteiger charge is -2.23. The van der Waals surface area contributed by atoms with Crippen molar-refractivity contribution in [2.45, 2.75) is 39.0 Å². The molecule has 94 valence electrons. The minimum absolute atomic E-state index is 0.0544. The van der Waals surface area contributed by atoms with E-state index in [-0.39, 0.29) is 23.3 Å². The van der Waals surface area contributed by atoms with Gasteiger partial charge in [0.25, 0.3) is 0 Å². The van der Waals surface area contributed by atoms with Crippen molar-refractivity contribution in [3.8, 4) is 11.5 Å². The van der Waals surface area contributed by atoms with E-state index in [1.807, 2.05) is 20.8 Å². The number of phenols is 2. The summed E-state index contributed by atoms with van der Waals surface area (Å²) in [4.78, 5) is 10.7. The van der Waals surface area contributed by atoms with Crippen LogP contribution < -0.4 is 5.73 Å². The number of benzene rings is 1. The summed E-state index contributed by atoms with van der Waals surface area (Å²) in [6, 6.07) is 3.15. The molecule has 1 rings (SSSR count). The predicted octanol–water partition coefficient (Wildman–Crippen LogP) is 1.81. The molecule has 0 radical (unpaired) electrons. The molecule has 0 aliphatic carbocycles. The van der Waals surface area contributed by atoms with Gasteiger partial charge in [-0.05, 0) is 23.5 Å². The lowest BCUT2D eigenvalue weighted by atomic mass is 9.84. The molecule has 4 heteroatoms. The number of aromatic hydroxyl groups is 2. The smallest absolute Gasteiger partial charge is 0.217 e. The lowest BCUT2D eigenvalue weighted by Crippen LogP contribution is -2.14. The van der Waals surface area contributed by atoms with Crippen molar-refractivity contribution in [3.05, 3.63) is 23.3 Å². The van der Waals surface area contributed by atoms with Crippen molar-refractivity contribution in [2.75, 3.05) is 0 Å². The van der Waals surface area contributed by atoms with E-state index in [4.69, 9.17) is 5.73 Å². The maximum Gasteiger partial charge on any atom is 0.217 e. The summed E-state index contributed by atoms with van der Waals surface area (Å²) in [5, 5.41) is 19.9. The van der Waals surface area contributed by atoms with Crippen LogP contribution in [0.2, 0.25) is 0 Å². The lowest BCUT2D eigenvalue weighted by molar-refractivity contribution is -0.117. The predicted molar refractivity (Wildman–Crippen MR) is 66.0 cm³/mol. The quantitative estimate of drug-likeness (QED) is 0.749. The van der Waals surface area contributed by atoms with E-state index in [9.17, 15) is 15.0 Å². The Morgan fingerprint density at radius 2 is 1.88 bits per heavy atom. The number of phenolic OH excluding ortho intramolecular Hbond substituents is 2. The number of primary amides is 1. The molecule has 17 heavy (non-hydrogen) atoms. The average Bonchev–Trinajstić information content (AvgIpc) is 2.14. The molecule has 0 fully saturated rings. The molecule has 0 saturated carbocycles. The zero-order valence-electron chi connectivity index (χ0n) is 10.4. The molecule has 0 aliphatic rings. The van der Waals surface area contributed by atoms with Crippen LogP contribution in [0.5, 0.6) is 11.5 Å². The highest BCUT2D eigenvalue weighted by atomic mass is 16.3. The fraction of sp³-hybridized carbons (Fsp3) is 0.462.